The molecule has 6 nitrogen and oxygen atoms in total. The van der Waals surface area contributed by atoms with E-state index in [1.165, 1.54) is 11.3 Å². The molecule has 25 heavy (non-hydrogen) atoms. The normalized spacial score (nSPS) is 17.5. The van der Waals surface area contributed by atoms with Gasteiger partial charge in [-0.05, 0) is 31.4 Å². The molecule has 0 bridgehead atoms. The average molecular weight is 361 g/mol. The van der Waals surface area contributed by atoms with E-state index in [1.54, 1.807) is 11.2 Å². The quantitative estimate of drug-likeness (QED) is 0.858. The Bertz CT molecular complexity index is 711. The van der Waals surface area contributed by atoms with Crippen LogP contribution < -0.4 is 5.32 Å². The second-order valence-corrected chi connectivity index (χ2v) is 7.13. The molecule has 1 saturated heterocycles. The van der Waals surface area contributed by atoms with E-state index in [2.05, 4.69) is 10.3 Å². The van der Waals surface area contributed by atoms with Crippen LogP contribution in [0.1, 0.15) is 31.9 Å². The van der Waals surface area contributed by atoms with E-state index in [4.69, 9.17) is 4.42 Å². The van der Waals surface area contributed by atoms with E-state index in [0.717, 1.165) is 30.0 Å². The standard InChI is InChI=1S/C18H23N3O3S/c1-2-7-19-17(23)13-5-3-8-21(11-13)16(22)10-14-12-25-18(20-14)15-6-4-9-24-15/h4,6,9,12-13H,2-3,5,7-8,10-11H2,1H3,(H,19,23). The second kappa shape index (κ2) is 8.29. The molecule has 3 rings (SSSR count). The maximum atomic E-state index is 12.6. The highest BCUT2D eigenvalue weighted by Crippen LogP contribution is 2.25. The SMILES string of the molecule is CCCNC(=O)C1CCCN(C(=O)Cc2csc(-c3ccco3)n2)C1. The number of rotatable bonds is 6. The summed E-state index contributed by atoms with van der Waals surface area (Å²) in [6, 6.07) is 3.67. The second-order valence-electron chi connectivity index (χ2n) is 6.27. The predicted octanol–water partition coefficient (Wildman–Crippen LogP) is 2.71. The Morgan fingerprint density at radius 2 is 2.36 bits per heavy atom. The number of aromatic nitrogens is 1. The van der Waals surface area contributed by atoms with Gasteiger partial charge in [-0.25, -0.2) is 4.98 Å². The molecule has 0 radical (unpaired) electrons. The molecule has 0 saturated carbocycles. The molecule has 1 unspecified atom stereocenters. The fourth-order valence-electron chi connectivity index (χ4n) is 2.98. The summed E-state index contributed by atoms with van der Waals surface area (Å²) in [5, 5.41) is 5.61. The van der Waals surface area contributed by atoms with Crippen molar-refractivity contribution < 1.29 is 14.0 Å². The van der Waals surface area contributed by atoms with Crippen LogP contribution in [0.15, 0.2) is 28.2 Å². The molecular formula is C18H23N3O3S. The van der Waals surface area contributed by atoms with Crippen LogP contribution >= 0.6 is 11.3 Å². The van der Waals surface area contributed by atoms with Crippen LogP contribution in [0.3, 0.4) is 0 Å². The number of furan rings is 1. The first-order chi connectivity index (χ1) is 12.2. The van der Waals surface area contributed by atoms with Gasteiger partial charge in [-0.15, -0.1) is 11.3 Å². The third-order valence-corrected chi connectivity index (χ3v) is 5.22. The summed E-state index contributed by atoms with van der Waals surface area (Å²) in [6.45, 7) is 3.94. The van der Waals surface area contributed by atoms with Crippen molar-refractivity contribution in [3.8, 4) is 10.8 Å². The molecule has 1 fully saturated rings. The molecule has 3 heterocycles. The maximum absolute atomic E-state index is 12.6. The van der Waals surface area contributed by atoms with Gasteiger partial charge >= 0.3 is 0 Å². The smallest absolute Gasteiger partial charge is 0.228 e. The third kappa shape index (κ3) is 4.48. The third-order valence-electron chi connectivity index (χ3n) is 4.31. The number of hydrogen-bond acceptors (Lipinski definition) is 5. The lowest BCUT2D eigenvalue weighted by atomic mass is 9.96. The topological polar surface area (TPSA) is 75.4 Å². The van der Waals surface area contributed by atoms with Crippen molar-refractivity contribution in [3.63, 3.8) is 0 Å². The minimum atomic E-state index is -0.0987. The molecule has 1 aliphatic heterocycles. The lowest BCUT2D eigenvalue weighted by Crippen LogP contribution is -2.46. The van der Waals surface area contributed by atoms with Crippen LogP contribution in [0.2, 0.25) is 0 Å². The van der Waals surface area contributed by atoms with Crippen molar-refractivity contribution in [3.05, 3.63) is 29.5 Å². The molecule has 1 N–H and O–H groups in total. The number of likely N-dealkylation sites (tertiary alicyclic amines) is 1. The lowest BCUT2D eigenvalue weighted by molar-refractivity contribution is -0.135. The molecular weight excluding hydrogens is 338 g/mol. The van der Waals surface area contributed by atoms with Crippen molar-refractivity contribution in [2.24, 2.45) is 5.92 Å². The van der Waals surface area contributed by atoms with E-state index >= 15 is 0 Å². The van der Waals surface area contributed by atoms with Crippen LogP contribution in [0.4, 0.5) is 0 Å². The molecule has 1 aliphatic rings. The Labute approximate surface area is 151 Å². The van der Waals surface area contributed by atoms with Crippen LogP contribution in [-0.2, 0) is 16.0 Å². The summed E-state index contributed by atoms with van der Waals surface area (Å²) >= 11 is 1.47. The molecule has 0 aromatic carbocycles. The number of carbonyl (C=O) groups is 2. The molecule has 134 valence electrons. The van der Waals surface area contributed by atoms with Gasteiger partial charge in [0.15, 0.2) is 10.8 Å². The van der Waals surface area contributed by atoms with Gasteiger partial charge in [-0.2, -0.15) is 0 Å². The Morgan fingerprint density at radius 3 is 3.12 bits per heavy atom. The summed E-state index contributed by atoms with van der Waals surface area (Å²) < 4.78 is 5.33. The number of nitrogens with one attached hydrogen (secondary N) is 1. The Morgan fingerprint density at radius 1 is 1.48 bits per heavy atom. The van der Waals surface area contributed by atoms with Crippen molar-refractivity contribution in [1.82, 2.24) is 15.2 Å². The molecule has 1 atom stereocenters. The number of carbonyl (C=O) groups excluding carboxylic acids is 2. The van der Waals surface area contributed by atoms with Crippen molar-refractivity contribution >= 4 is 23.2 Å². The monoisotopic (exact) mass is 361 g/mol. The number of piperidine rings is 1. The Kier molecular flexibility index (Phi) is 5.86. The van der Waals surface area contributed by atoms with Gasteiger partial charge in [0.1, 0.15) is 0 Å². The first-order valence-corrected chi connectivity index (χ1v) is 9.59. The summed E-state index contributed by atoms with van der Waals surface area (Å²) in [5.41, 5.74) is 0.749. The van der Waals surface area contributed by atoms with Gasteiger partial charge in [-0.1, -0.05) is 6.92 Å². The molecule has 0 spiro atoms. The fourth-order valence-corrected chi connectivity index (χ4v) is 3.76. The highest BCUT2D eigenvalue weighted by molar-refractivity contribution is 7.13. The summed E-state index contributed by atoms with van der Waals surface area (Å²) in [6.07, 6.45) is 4.51. The van der Waals surface area contributed by atoms with Crippen molar-refractivity contribution in [2.75, 3.05) is 19.6 Å². The van der Waals surface area contributed by atoms with Gasteiger partial charge in [0.2, 0.25) is 11.8 Å². The highest BCUT2D eigenvalue weighted by atomic mass is 32.1. The summed E-state index contributed by atoms with van der Waals surface area (Å²) in [5.74, 6) is 0.713. The minimum absolute atomic E-state index is 0.0317. The predicted molar refractivity (Wildman–Crippen MR) is 96.1 cm³/mol. The highest BCUT2D eigenvalue weighted by Gasteiger charge is 2.28. The van der Waals surface area contributed by atoms with Crippen LogP contribution in [0, 0.1) is 5.92 Å². The van der Waals surface area contributed by atoms with Gasteiger partial charge in [-0.3, -0.25) is 9.59 Å². The summed E-state index contributed by atoms with van der Waals surface area (Å²) in [4.78, 5) is 31.0. The lowest BCUT2D eigenvalue weighted by Gasteiger charge is -2.32. The zero-order chi connectivity index (χ0) is 17.6. The molecule has 7 heteroatoms. The Hall–Kier alpha value is -2.15. The van der Waals surface area contributed by atoms with Gasteiger partial charge in [0.25, 0.3) is 0 Å². The van der Waals surface area contributed by atoms with E-state index in [0.29, 0.717) is 25.4 Å². The largest absolute Gasteiger partial charge is 0.462 e. The zero-order valence-corrected chi connectivity index (χ0v) is 15.2. The number of hydrogen-bond donors (Lipinski definition) is 1. The van der Waals surface area contributed by atoms with Crippen LogP contribution in [0.5, 0.6) is 0 Å². The Balaban J connectivity index is 1.56. The van der Waals surface area contributed by atoms with Crippen LogP contribution in [0.25, 0.3) is 10.8 Å². The zero-order valence-electron chi connectivity index (χ0n) is 14.4. The van der Waals surface area contributed by atoms with Crippen molar-refractivity contribution in [1.29, 1.82) is 0 Å². The van der Waals surface area contributed by atoms with E-state index in [-0.39, 0.29) is 24.2 Å². The summed E-state index contributed by atoms with van der Waals surface area (Å²) in [7, 11) is 0. The van der Waals surface area contributed by atoms with E-state index < -0.39 is 0 Å². The van der Waals surface area contributed by atoms with Crippen LogP contribution in [-0.4, -0.2) is 41.3 Å². The van der Waals surface area contributed by atoms with E-state index in [1.807, 2.05) is 24.4 Å². The van der Waals surface area contributed by atoms with E-state index in [9.17, 15) is 9.59 Å². The first kappa shape index (κ1) is 17.7. The van der Waals surface area contributed by atoms with Gasteiger partial charge < -0.3 is 14.6 Å². The number of nitrogens with zero attached hydrogens (tertiary/aromatic N) is 2. The fraction of sp³-hybridized carbons (Fsp3) is 0.500. The first-order valence-electron chi connectivity index (χ1n) is 8.71. The number of amides is 2. The van der Waals surface area contributed by atoms with Crippen molar-refractivity contribution in [2.45, 2.75) is 32.6 Å². The number of thiazole rings is 1. The molecule has 0 aliphatic carbocycles. The molecule has 2 amide bonds. The molecule has 2 aromatic rings. The average Bonchev–Trinajstić information content (AvgIpc) is 3.31. The minimum Gasteiger partial charge on any atom is -0.462 e. The van der Waals surface area contributed by atoms with Gasteiger partial charge in [0, 0.05) is 25.0 Å². The molecule has 2 aromatic heterocycles. The maximum Gasteiger partial charge on any atom is 0.228 e. The van der Waals surface area contributed by atoms with Gasteiger partial charge in [0.05, 0.1) is 24.3 Å².